The van der Waals surface area contributed by atoms with Gasteiger partial charge in [0.15, 0.2) is 0 Å². The number of aryl methyl sites for hydroxylation is 1. The summed E-state index contributed by atoms with van der Waals surface area (Å²) in [6.45, 7) is 9.46. The van der Waals surface area contributed by atoms with Crippen molar-refractivity contribution in [3.05, 3.63) is 70.4 Å². The van der Waals surface area contributed by atoms with E-state index in [1.54, 1.807) is 18.5 Å². The number of alkyl halides is 1. The van der Waals surface area contributed by atoms with Gasteiger partial charge in [-0.15, -0.1) is 0 Å². The summed E-state index contributed by atoms with van der Waals surface area (Å²) >= 11 is 0. The van der Waals surface area contributed by atoms with E-state index in [0.29, 0.717) is 55.9 Å². The smallest absolute Gasteiger partial charge is 0.254 e. The Bertz CT molecular complexity index is 1520. The molecule has 2 aromatic heterocycles. The minimum absolute atomic E-state index is 0.0377. The van der Waals surface area contributed by atoms with E-state index >= 15 is 4.39 Å². The highest BCUT2D eigenvalue weighted by Gasteiger charge is 2.38. The van der Waals surface area contributed by atoms with Crippen LogP contribution in [0.3, 0.4) is 0 Å². The number of nitrogens with zero attached hydrogens (tertiary/aromatic N) is 4. The van der Waals surface area contributed by atoms with Crippen molar-refractivity contribution in [3.8, 4) is 5.75 Å². The Balaban J connectivity index is 1.47. The van der Waals surface area contributed by atoms with Gasteiger partial charge in [0, 0.05) is 43.2 Å². The number of aromatic nitrogens is 2. The lowest BCUT2D eigenvalue weighted by Gasteiger charge is -2.35. The first kappa shape index (κ1) is 29.9. The zero-order valence-electron chi connectivity index (χ0n) is 25.2. The van der Waals surface area contributed by atoms with E-state index in [0.717, 1.165) is 35.2 Å². The number of hydrogen-bond acceptors (Lipinski definition) is 5. The van der Waals surface area contributed by atoms with Crippen LogP contribution in [0.25, 0.3) is 11.2 Å². The molecule has 0 bridgehead atoms. The largest absolute Gasteiger partial charge is 0.493 e. The van der Waals surface area contributed by atoms with Crippen LogP contribution in [0.5, 0.6) is 5.75 Å². The van der Waals surface area contributed by atoms with Crippen LogP contribution in [-0.2, 0) is 5.67 Å². The number of nitrogens with one attached hydrogen (secondary N) is 1. The maximum atomic E-state index is 16.4. The van der Waals surface area contributed by atoms with Gasteiger partial charge in [0.05, 0.1) is 30.1 Å². The first-order chi connectivity index (χ1) is 20.2. The number of pyridine rings is 1. The van der Waals surface area contributed by atoms with Crippen molar-refractivity contribution in [2.45, 2.75) is 77.6 Å². The van der Waals surface area contributed by atoms with Crippen molar-refractivity contribution >= 4 is 23.3 Å². The van der Waals surface area contributed by atoms with Crippen LogP contribution in [0.4, 0.5) is 8.78 Å². The van der Waals surface area contributed by atoms with Gasteiger partial charge in [-0.3, -0.25) is 9.79 Å². The monoisotopic (exact) mass is 577 g/mol. The van der Waals surface area contributed by atoms with Gasteiger partial charge in [-0.2, -0.15) is 0 Å². The van der Waals surface area contributed by atoms with Crippen molar-refractivity contribution < 1.29 is 18.3 Å². The zero-order chi connectivity index (χ0) is 30.0. The van der Waals surface area contributed by atoms with Crippen LogP contribution in [0.1, 0.15) is 91.7 Å². The Morgan fingerprint density at radius 3 is 2.62 bits per heavy atom. The van der Waals surface area contributed by atoms with Crippen molar-refractivity contribution in [1.82, 2.24) is 19.6 Å². The summed E-state index contributed by atoms with van der Waals surface area (Å²) in [7, 11) is 2.01. The number of imidazole rings is 1. The number of benzene rings is 1. The molecule has 1 aliphatic carbocycles. The standard InChI is InChI=1S/C33H41F2N5O2/c1-6-22(24-16-25(27(34)15-21(24)4)32(41)38-23-9-10-23)18-36-28(7-2)29-19-37-31-17-30(42-8-3)26(20-40(29)31)33(35)11-13-39(5)14-12-33/h6,15-20,23,28H,7-14H2,1-5H3,(H,38,41)/b22-6+,36-18?. The number of ether oxygens (including phenoxy) is 1. The maximum Gasteiger partial charge on any atom is 0.254 e. The molecule has 1 atom stereocenters. The number of carbonyl (C=O) groups excluding carboxylic acids is 1. The highest BCUT2D eigenvalue weighted by Crippen LogP contribution is 2.42. The second-order valence-corrected chi connectivity index (χ2v) is 11.5. The summed E-state index contributed by atoms with van der Waals surface area (Å²) in [6, 6.07) is 4.72. The van der Waals surface area contributed by atoms with Crippen LogP contribution in [0, 0.1) is 12.7 Å². The molecule has 1 saturated carbocycles. The lowest BCUT2D eigenvalue weighted by Crippen LogP contribution is -2.38. The molecule has 0 spiro atoms. The summed E-state index contributed by atoms with van der Waals surface area (Å²) in [5.41, 5.74) is 2.88. The molecular formula is C33H41F2N5O2. The zero-order valence-corrected chi connectivity index (χ0v) is 25.2. The molecule has 3 heterocycles. The lowest BCUT2D eigenvalue weighted by atomic mass is 9.86. The molecule has 7 nitrogen and oxygen atoms in total. The summed E-state index contributed by atoms with van der Waals surface area (Å²) in [5, 5.41) is 2.87. The van der Waals surface area contributed by atoms with Gasteiger partial charge in [0.1, 0.15) is 22.9 Å². The topological polar surface area (TPSA) is 71.2 Å². The number of fused-ring (bicyclic) bond motifs is 1. The second-order valence-electron chi connectivity index (χ2n) is 11.5. The van der Waals surface area contributed by atoms with Crippen molar-refractivity contribution in [2.75, 3.05) is 26.7 Å². The van der Waals surface area contributed by atoms with E-state index in [4.69, 9.17) is 9.73 Å². The number of likely N-dealkylation sites (tertiary alicyclic amines) is 1. The first-order valence-corrected chi connectivity index (χ1v) is 15.0. The third kappa shape index (κ3) is 6.11. The van der Waals surface area contributed by atoms with Crippen molar-refractivity contribution in [2.24, 2.45) is 4.99 Å². The van der Waals surface area contributed by atoms with Crippen LogP contribution in [-0.4, -0.2) is 59.2 Å². The molecule has 224 valence electrons. The van der Waals surface area contributed by atoms with E-state index < -0.39 is 17.4 Å². The van der Waals surface area contributed by atoms with Gasteiger partial charge < -0.3 is 19.4 Å². The van der Waals surface area contributed by atoms with Gasteiger partial charge in [-0.1, -0.05) is 13.0 Å². The van der Waals surface area contributed by atoms with Crippen molar-refractivity contribution in [3.63, 3.8) is 0 Å². The molecule has 0 radical (unpaired) electrons. The Morgan fingerprint density at radius 1 is 1.24 bits per heavy atom. The van der Waals surface area contributed by atoms with Crippen LogP contribution in [0.2, 0.25) is 0 Å². The normalized spacial score (nSPS) is 18.5. The fourth-order valence-corrected chi connectivity index (χ4v) is 5.63. The number of allylic oxidation sites excluding steroid dienone is 2. The van der Waals surface area contributed by atoms with E-state index in [2.05, 4.69) is 15.2 Å². The molecule has 1 aliphatic heterocycles. The number of aliphatic imine (C=N–C) groups is 1. The lowest BCUT2D eigenvalue weighted by molar-refractivity contribution is 0.0640. The predicted molar refractivity (Wildman–Crippen MR) is 163 cm³/mol. The summed E-state index contributed by atoms with van der Waals surface area (Å²) in [6.07, 6.45) is 10.7. The number of hydrogen-bond donors (Lipinski definition) is 1. The summed E-state index contributed by atoms with van der Waals surface area (Å²) in [5.74, 6) is -0.384. The molecule has 9 heteroatoms. The minimum atomic E-state index is -1.49. The van der Waals surface area contributed by atoms with Crippen LogP contribution in [0.15, 0.2) is 41.7 Å². The minimum Gasteiger partial charge on any atom is -0.493 e. The molecule has 1 N–H and O–H groups in total. The fraction of sp³-hybridized carbons (Fsp3) is 0.485. The molecule has 1 amide bonds. The number of carbonyl (C=O) groups is 1. The van der Waals surface area contributed by atoms with E-state index in [1.165, 1.54) is 6.07 Å². The first-order valence-electron chi connectivity index (χ1n) is 15.0. The van der Waals surface area contributed by atoms with Crippen LogP contribution >= 0.6 is 0 Å². The number of amides is 1. The maximum absolute atomic E-state index is 16.4. The molecule has 1 aromatic carbocycles. The SMILES string of the molecule is C/C=C(\C=NC(CC)c1cnc2cc(OCC)c(C3(F)CCN(C)CC3)cn12)c1cc(C(=O)NC2CC2)c(F)cc1C. The van der Waals surface area contributed by atoms with Gasteiger partial charge >= 0.3 is 0 Å². The fourth-order valence-electron chi connectivity index (χ4n) is 5.63. The van der Waals surface area contributed by atoms with E-state index in [1.807, 2.05) is 57.5 Å². The van der Waals surface area contributed by atoms with Crippen LogP contribution < -0.4 is 10.1 Å². The molecule has 3 aromatic rings. The van der Waals surface area contributed by atoms with Gasteiger partial charge in [-0.25, -0.2) is 13.8 Å². The number of rotatable bonds is 10. The van der Waals surface area contributed by atoms with Gasteiger partial charge in [0.2, 0.25) is 0 Å². The average molecular weight is 578 g/mol. The molecule has 1 unspecified atom stereocenters. The predicted octanol–water partition coefficient (Wildman–Crippen LogP) is 6.59. The number of halogens is 2. The van der Waals surface area contributed by atoms with Gasteiger partial charge in [0.25, 0.3) is 5.91 Å². The number of piperidine rings is 1. The van der Waals surface area contributed by atoms with Crippen molar-refractivity contribution in [1.29, 1.82) is 0 Å². The Labute approximate surface area is 246 Å². The Morgan fingerprint density at radius 2 is 1.98 bits per heavy atom. The molecule has 42 heavy (non-hydrogen) atoms. The van der Waals surface area contributed by atoms with E-state index in [-0.39, 0.29) is 17.6 Å². The van der Waals surface area contributed by atoms with E-state index in [9.17, 15) is 9.18 Å². The van der Waals surface area contributed by atoms with Gasteiger partial charge in [-0.05, 0) is 88.8 Å². The quantitative estimate of drug-likeness (QED) is 0.276. The summed E-state index contributed by atoms with van der Waals surface area (Å²) < 4.78 is 39.0. The second kappa shape index (κ2) is 12.3. The molecule has 2 aliphatic rings. The summed E-state index contributed by atoms with van der Waals surface area (Å²) in [4.78, 5) is 24.4. The average Bonchev–Trinajstić information content (AvgIpc) is 3.69. The Kier molecular flexibility index (Phi) is 8.78. The highest BCUT2D eigenvalue weighted by molar-refractivity contribution is 6.11. The molecular weight excluding hydrogens is 536 g/mol. The third-order valence-corrected chi connectivity index (χ3v) is 8.41. The molecule has 1 saturated heterocycles. The molecule has 2 fully saturated rings. The Hall–Kier alpha value is -3.59. The highest BCUT2D eigenvalue weighted by atomic mass is 19.1. The molecule has 5 rings (SSSR count). The third-order valence-electron chi connectivity index (χ3n) is 8.41.